The first-order valence-corrected chi connectivity index (χ1v) is 31.6. The second-order valence-corrected chi connectivity index (χ2v) is 22.1. The Kier molecular flexibility index (Phi) is 57.1. The van der Waals surface area contributed by atoms with Crippen molar-refractivity contribution in [3.8, 4) is 0 Å². The molecule has 0 aliphatic rings. The van der Waals surface area contributed by atoms with Crippen LogP contribution in [0, 0.1) is 0 Å². The molecule has 0 fully saturated rings. The van der Waals surface area contributed by atoms with Gasteiger partial charge in [0, 0.05) is 0 Å². The van der Waals surface area contributed by atoms with Crippen molar-refractivity contribution in [2.75, 3.05) is 6.61 Å². The van der Waals surface area contributed by atoms with Gasteiger partial charge in [-0.2, -0.15) is 0 Å². The van der Waals surface area contributed by atoms with Gasteiger partial charge >= 0.3 is 0 Å². The van der Waals surface area contributed by atoms with Gasteiger partial charge in [-0.25, -0.2) is 0 Å². The molecule has 69 heavy (non-hydrogen) atoms. The number of hydrogen-bond acceptors (Lipinski definition) is 5. The summed E-state index contributed by atoms with van der Waals surface area (Å²) >= 11 is 0. The van der Waals surface area contributed by atoms with Crippen LogP contribution in [0.5, 0.6) is 0 Å². The molecule has 0 aromatic rings. The number of carbonyl (C=O) groups excluding carboxylic acids is 1. The van der Waals surface area contributed by atoms with Crippen molar-refractivity contribution in [2.24, 2.45) is 0 Å². The monoisotopic (exact) mass is 976 g/mol. The van der Waals surface area contributed by atoms with Crippen LogP contribution in [0.25, 0.3) is 0 Å². The van der Waals surface area contributed by atoms with E-state index in [9.17, 15) is 25.2 Å². The topological polar surface area (TPSA) is 110 Å². The molecule has 1 amide bonds. The molecule has 0 radical (unpaired) electrons. The maximum Gasteiger partial charge on any atom is 0.249 e. The van der Waals surface area contributed by atoms with Gasteiger partial charge < -0.3 is 25.7 Å². The van der Waals surface area contributed by atoms with Gasteiger partial charge in [0.2, 0.25) is 5.91 Å². The Labute approximate surface area is 432 Å². The SMILES string of the molecule is CCCCCCCCCCCCCC/C=C\CCCCCCCCCC(O)C(=O)NC(CO)C(O)C(O)CCCCCCCCCCCCCCCCCCCCCCCCCCCCCCCC. The number of allylic oxidation sites excluding steroid dienone is 2. The molecule has 0 spiro atoms. The maximum atomic E-state index is 12.6. The largest absolute Gasteiger partial charge is 0.394 e. The van der Waals surface area contributed by atoms with Gasteiger partial charge in [0.1, 0.15) is 12.2 Å². The molecule has 0 aliphatic heterocycles. The molecular weight excluding hydrogens is 851 g/mol. The lowest BCUT2D eigenvalue weighted by molar-refractivity contribution is -0.132. The van der Waals surface area contributed by atoms with E-state index in [1.165, 1.54) is 289 Å². The summed E-state index contributed by atoms with van der Waals surface area (Å²) < 4.78 is 0. The molecular formula is C63H125NO5. The summed E-state index contributed by atoms with van der Waals surface area (Å²) in [6, 6.07) is -0.986. The molecule has 4 unspecified atom stereocenters. The Bertz CT molecular complexity index is 1010. The Morgan fingerprint density at radius 3 is 0.841 bits per heavy atom. The van der Waals surface area contributed by atoms with E-state index in [-0.39, 0.29) is 0 Å². The summed E-state index contributed by atoms with van der Waals surface area (Å²) in [4.78, 5) is 12.6. The molecule has 0 bridgehead atoms. The minimum absolute atomic E-state index is 0.367. The molecule has 5 N–H and O–H groups in total. The molecule has 0 heterocycles. The first-order chi connectivity index (χ1) is 34.0. The van der Waals surface area contributed by atoms with E-state index in [4.69, 9.17) is 0 Å². The van der Waals surface area contributed by atoms with Gasteiger partial charge in [0.25, 0.3) is 0 Å². The van der Waals surface area contributed by atoms with E-state index in [1.54, 1.807) is 0 Å². The first-order valence-electron chi connectivity index (χ1n) is 31.6. The van der Waals surface area contributed by atoms with Crippen molar-refractivity contribution >= 4 is 5.91 Å². The Morgan fingerprint density at radius 2 is 0.580 bits per heavy atom. The lowest BCUT2D eigenvalue weighted by Gasteiger charge is -2.27. The molecule has 0 aliphatic carbocycles. The molecule has 4 atom stereocenters. The zero-order valence-electron chi connectivity index (χ0n) is 46.8. The number of carbonyl (C=O) groups is 1. The quantitative estimate of drug-likeness (QED) is 0.0308. The third-order valence-corrected chi connectivity index (χ3v) is 15.2. The highest BCUT2D eigenvalue weighted by atomic mass is 16.3. The van der Waals surface area contributed by atoms with Gasteiger partial charge in [-0.05, 0) is 38.5 Å². The van der Waals surface area contributed by atoms with Gasteiger partial charge in [0.15, 0.2) is 0 Å². The summed E-state index contributed by atoms with van der Waals surface area (Å²) in [7, 11) is 0. The van der Waals surface area contributed by atoms with Crippen molar-refractivity contribution in [1.82, 2.24) is 5.32 Å². The zero-order valence-corrected chi connectivity index (χ0v) is 46.8. The average molecular weight is 977 g/mol. The molecule has 0 rings (SSSR count). The van der Waals surface area contributed by atoms with Crippen LogP contribution in [-0.2, 0) is 4.79 Å². The number of nitrogens with one attached hydrogen (secondary N) is 1. The first kappa shape index (κ1) is 68.0. The third-order valence-electron chi connectivity index (χ3n) is 15.2. The van der Waals surface area contributed by atoms with Crippen LogP contribution in [0.2, 0.25) is 0 Å². The second-order valence-electron chi connectivity index (χ2n) is 22.1. The zero-order chi connectivity index (χ0) is 50.2. The van der Waals surface area contributed by atoms with Gasteiger partial charge in [-0.15, -0.1) is 0 Å². The van der Waals surface area contributed by atoms with Crippen LogP contribution < -0.4 is 5.32 Å². The fourth-order valence-corrected chi connectivity index (χ4v) is 10.3. The minimum Gasteiger partial charge on any atom is -0.394 e. The number of aliphatic hydroxyl groups is 4. The van der Waals surface area contributed by atoms with E-state index in [0.29, 0.717) is 12.8 Å². The lowest BCUT2D eigenvalue weighted by Crippen LogP contribution is -2.53. The normalized spacial score (nSPS) is 13.7. The van der Waals surface area contributed by atoms with Gasteiger partial charge in [0.05, 0.1) is 18.8 Å². The summed E-state index contributed by atoms with van der Waals surface area (Å²) in [6.45, 7) is 4.10. The number of unbranched alkanes of at least 4 members (excludes halogenated alkanes) is 48. The highest BCUT2D eigenvalue weighted by Gasteiger charge is 2.28. The smallest absolute Gasteiger partial charge is 0.249 e. The Hall–Kier alpha value is -0.950. The number of amides is 1. The molecule has 0 aromatic carbocycles. The van der Waals surface area contributed by atoms with Crippen molar-refractivity contribution < 1.29 is 25.2 Å². The minimum atomic E-state index is -1.26. The summed E-state index contributed by atoms with van der Waals surface area (Å²) in [5.74, 6) is -0.581. The molecule has 412 valence electrons. The van der Waals surface area contributed by atoms with Crippen LogP contribution in [-0.4, -0.2) is 57.3 Å². The highest BCUT2D eigenvalue weighted by Crippen LogP contribution is 2.19. The van der Waals surface area contributed by atoms with Crippen molar-refractivity contribution in [3.63, 3.8) is 0 Å². The van der Waals surface area contributed by atoms with E-state index in [1.807, 2.05) is 0 Å². The Balaban J connectivity index is 3.56. The van der Waals surface area contributed by atoms with E-state index in [2.05, 4.69) is 31.3 Å². The van der Waals surface area contributed by atoms with Crippen LogP contribution in [0.15, 0.2) is 12.2 Å². The van der Waals surface area contributed by atoms with E-state index >= 15 is 0 Å². The van der Waals surface area contributed by atoms with E-state index in [0.717, 1.165) is 38.5 Å². The summed E-state index contributed by atoms with van der Waals surface area (Å²) in [5, 5.41) is 44.1. The van der Waals surface area contributed by atoms with Gasteiger partial charge in [-0.1, -0.05) is 328 Å². The van der Waals surface area contributed by atoms with Crippen LogP contribution >= 0.6 is 0 Å². The average Bonchev–Trinajstić information content (AvgIpc) is 3.35. The molecule has 0 saturated carbocycles. The number of hydrogen-bond donors (Lipinski definition) is 5. The summed E-state index contributed by atoms with van der Waals surface area (Å²) in [6.07, 6.45) is 70.2. The van der Waals surface area contributed by atoms with Crippen molar-refractivity contribution in [2.45, 2.75) is 379 Å². The molecule has 0 saturated heterocycles. The fourth-order valence-electron chi connectivity index (χ4n) is 10.3. The molecule has 6 nitrogen and oxygen atoms in total. The highest BCUT2D eigenvalue weighted by molar-refractivity contribution is 5.80. The predicted octanol–water partition coefficient (Wildman–Crippen LogP) is 18.8. The number of rotatable bonds is 59. The van der Waals surface area contributed by atoms with Crippen LogP contribution in [0.4, 0.5) is 0 Å². The standard InChI is InChI=1S/C63H125NO5/c1-3-5-7-9-11-13-15-17-19-21-23-25-27-28-29-30-31-32-33-35-36-38-40-42-44-46-48-50-52-54-56-60(66)62(68)59(58-65)64-63(69)61(67)57-55-53-51-49-47-45-43-41-39-37-34-26-24-22-20-18-16-14-12-10-8-6-4-2/h37,39,59-62,65-68H,3-36,38,40-58H2,1-2H3,(H,64,69)/b39-37-. The summed E-state index contributed by atoms with van der Waals surface area (Å²) in [5.41, 5.74) is 0. The van der Waals surface area contributed by atoms with Gasteiger partial charge in [-0.3, -0.25) is 4.79 Å². The molecule has 6 heteroatoms. The van der Waals surface area contributed by atoms with Crippen LogP contribution in [0.3, 0.4) is 0 Å². The third kappa shape index (κ3) is 51.7. The maximum absolute atomic E-state index is 12.6. The van der Waals surface area contributed by atoms with Crippen molar-refractivity contribution in [3.05, 3.63) is 12.2 Å². The molecule has 0 aromatic heterocycles. The van der Waals surface area contributed by atoms with Crippen molar-refractivity contribution in [1.29, 1.82) is 0 Å². The Morgan fingerprint density at radius 1 is 0.348 bits per heavy atom. The van der Waals surface area contributed by atoms with E-state index < -0.39 is 36.9 Å². The second kappa shape index (κ2) is 57.9. The number of aliphatic hydroxyl groups excluding tert-OH is 4. The lowest BCUT2D eigenvalue weighted by atomic mass is 9.99. The van der Waals surface area contributed by atoms with Crippen LogP contribution in [0.1, 0.15) is 354 Å². The predicted molar refractivity (Wildman–Crippen MR) is 302 cm³/mol. The fraction of sp³-hybridized carbons (Fsp3) is 0.952.